The van der Waals surface area contributed by atoms with E-state index in [0.29, 0.717) is 52.1 Å². The molecular weight excluding hydrogens is 569 g/mol. The number of aliphatic hydroxyl groups is 1. The normalized spacial score (nSPS) is 17.6. The van der Waals surface area contributed by atoms with Gasteiger partial charge < -0.3 is 30.0 Å². The number of ether oxygens (including phenoxy) is 3. The van der Waals surface area contributed by atoms with Crippen LogP contribution in [0.2, 0.25) is 5.02 Å². The van der Waals surface area contributed by atoms with E-state index >= 15 is 0 Å². The van der Waals surface area contributed by atoms with Crippen molar-refractivity contribution >= 4 is 29.4 Å². The van der Waals surface area contributed by atoms with E-state index in [0.717, 1.165) is 12.8 Å². The zero-order valence-electron chi connectivity index (χ0n) is 23.1. The Morgan fingerprint density at radius 3 is 2.74 bits per heavy atom. The lowest BCUT2D eigenvalue weighted by Gasteiger charge is -2.25. The number of aliphatic hydroxyl groups excluding tert-OH is 1. The highest BCUT2D eigenvalue weighted by atomic mass is 35.5. The van der Waals surface area contributed by atoms with Gasteiger partial charge in [-0.2, -0.15) is 0 Å². The number of anilines is 1. The Morgan fingerprint density at radius 1 is 1.24 bits per heavy atom. The first-order valence-electron chi connectivity index (χ1n) is 13.4. The van der Waals surface area contributed by atoms with Crippen LogP contribution >= 0.6 is 11.6 Å². The predicted octanol–water partition coefficient (Wildman–Crippen LogP) is 3.49. The Balaban J connectivity index is 1.33. The molecule has 0 spiro atoms. The van der Waals surface area contributed by atoms with Crippen molar-refractivity contribution in [3.63, 3.8) is 0 Å². The van der Waals surface area contributed by atoms with Crippen molar-refractivity contribution in [2.45, 2.75) is 31.2 Å². The number of methoxy groups -OCH3 is 2. The largest absolute Gasteiger partial charge is 0.497 e. The molecule has 0 saturated carbocycles. The predicted molar refractivity (Wildman–Crippen MR) is 152 cm³/mol. The molecule has 2 aromatic carbocycles. The Bertz CT molecular complexity index is 1470. The lowest BCUT2D eigenvalue weighted by Crippen LogP contribution is -2.41. The number of hydrogen-bond acceptors (Lipinski definition) is 9. The summed E-state index contributed by atoms with van der Waals surface area (Å²) in [6.45, 7) is 0.479. The Morgan fingerprint density at radius 2 is 2.02 bits per heavy atom. The van der Waals surface area contributed by atoms with Crippen LogP contribution in [0.5, 0.6) is 5.75 Å². The minimum atomic E-state index is -0.918. The van der Waals surface area contributed by atoms with Gasteiger partial charge in [0.15, 0.2) is 6.23 Å². The molecule has 2 aliphatic rings. The van der Waals surface area contributed by atoms with E-state index in [4.69, 9.17) is 25.8 Å². The molecular formula is C29H31ClFN5O6. The van der Waals surface area contributed by atoms with Crippen molar-refractivity contribution in [3.05, 3.63) is 70.1 Å². The highest BCUT2D eigenvalue weighted by molar-refractivity contribution is 6.33. The molecule has 222 valence electrons. The summed E-state index contributed by atoms with van der Waals surface area (Å²) in [5.74, 6) is -0.896. The molecule has 11 nitrogen and oxygen atoms in total. The Labute approximate surface area is 247 Å². The maximum Gasteiger partial charge on any atom is 0.257 e. The van der Waals surface area contributed by atoms with Crippen molar-refractivity contribution < 1.29 is 33.3 Å². The van der Waals surface area contributed by atoms with Gasteiger partial charge in [0.05, 0.1) is 36.7 Å². The summed E-state index contributed by atoms with van der Waals surface area (Å²) >= 11 is 6.46. The third-order valence-electron chi connectivity index (χ3n) is 7.25. The zero-order chi connectivity index (χ0) is 29.8. The fourth-order valence-electron chi connectivity index (χ4n) is 5.14. The molecule has 5 rings (SSSR count). The second-order valence-corrected chi connectivity index (χ2v) is 10.4. The second-order valence-electron chi connectivity index (χ2n) is 9.97. The van der Waals surface area contributed by atoms with Crippen LogP contribution in [0.4, 0.5) is 10.3 Å². The molecule has 13 heteroatoms. The summed E-state index contributed by atoms with van der Waals surface area (Å²) in [7, 11) is 2.83. The average molecular weight is 600 g/mol. The smallest absolute Gasteiger partial charge is 0.257 e. The van der Waals surface area contributed by atoms with Gasteiger partial charge in [0.25, 0.3) is 5.91 Å². The molecule has 3 aromatic rings. The number of amides is 2. The van der Waals surface area contributed by atoms with Gasteiger partial charge in [0.1, 0.15) is 18.1 Å². The molecule has 2 atom stereocenters. The van der Waals surface area contributed by atoms with Crippen LogP contribution in [-0.2, 0) is 14.3 Å². The number of rotatable bonds is 10. The maximum atomic E-state index is 14.0. The van der Waals surface area contributed by atoms with Gasteiger partial charge in [-0.15, -0.1) is 0 Å². The molecule has 2 aliphatic heterocycles. The summed E-state index contributed by atoms with van der Waals surface area (Å²) in [5.41, 5.74) is 2.30. The van der Waals surface area contributed by atoms with Crippen molar-refractivity contribution in [2.75, 3.05) is 45.9 Å². The molecule has 1 aromatic heterocycles. The number of fused-ring (bicyclic) bond motifs is 1. The fraction of sp³-hybridized carbons (Fsp3) is 0.379. The topological polar surface area (TPSA) is 135 Å². The van der Waals surface area contributed by atoms with Crippen LogP contribution < -0.4 is 15.4 Å². The maximum absolute atomic E-state index is 14.0. The van der Waals surface area contributed by atoms with Gasteiger partial charge in [0, 0.05) is 49.1 Å². The highest BCUT2D eigenvalue weighted by Crippen LogP contribution is 2.37. The minimum Gasteiger partial charge on any atom is -0.497 e. The molecule has 2 amide bonds. The monoisotopic (exact) mass is 599 g/mol. The summed E-state index contributed by atoms with van der Waals surface area (Å²) in [6, 6.07) is 8.37. The van der Waals surface area contributed by atoms with E-state index < -0.39 is 36.5 Å². The Kier molecular flexibility index (Phi) is 9.17. The van der Waals surface area contributed by atoms with Gasteiger partial charge in [-0.05, 0) is 36.6 Å². The number of carbonyl (C=O) groups excluding carboxylic acids is 2. The van der Waals surface area contributed by atoms with Gasteiger partial charge in [-0.25, -0.2) is 14.4 Å². The van der Waals surface area contributed by atoms with E-state index in [-0.39, 0.29) is 18.3 Å². The van der Waals surface area contributed by atoms with E-state index in [9.17, 15) is 19.1 Å². The molecule has 1 saturated heterocycles. The molecule has 42 heavy (non-hydrogen) atoms. The average Bonchev–Trinajstić information content (AvgIpc) is 3.26. The number of aromatic nitrogens is 2. The minimum absolute atomic E-state index is 0.185. The number of nitrogens with one attached hydrogen (secondary N) is 2. The van der Waals surface area contributed by atoms with Crippen LogP contribution in [0.3, 0.4) is 0 Å². The van der Waals surface area contributed by atoms with Crippen LogP contribution in [-0.4, -0.2) is 78.4 Å². The van der Waals surface area contributed by atoms with Crippen molar-refractivity contribution in [2.24, 2.45) is 0 Å². The van der Waals surface area contributed by atoms with Gasteiger partial charge in [-0.3, -0.25) is 14.5 Å². The number of hydrogen-bond donors (Lipinski definition) is 3. The number of carbonyl (C=O) groups is 2. The van der Waals surface area contributed by atoms with Gasteiger partial charge in [-0.1, -0.05) is 23.7 Å². The van der Waals surface area contributed by atoms with Crippen LogP contribution in [0.25, 0.3) is 11.3 Å². The summed E-state index contributed by atoms with van der Waals surface area (Å²) in [5, 5.41) is 16.2. The summed E-state index contributed by atoms with van der Waals surface area (Å²) in [4.78, 5) is 36.7. The summed E-state index contributed by atoms with van der Waals surface area (Å²) in [6.07, 6.45) is 2.37. The summed E-state index contributed by atoms with van der Waals surface area (Å²) < 4.78 is 30.1. The van der Waals surface area contributed by atoms with Crippen LogP contribution in [0, 0.1) is 5.82 Å². The number of halogens is 2. The molecule has 0 bridgehead atoms. The SMILES string of the molecule is COc1cc(F)cc(C(CO)NC(=O)CN2C(=O)c3cc(-c4nc(NC5CCOCC5)ncc4Cl)ccc3[C@H]2OC)c1. The molecule has 1 fully saturated rings. The first-order valence-corrected chi connectivity index (χ1v) is 13.8. The van der Waals surface area contributed by atoms with Gasteiger partial charge in [0.2, 0.25) is 11.9 Å². The fourth-order valence-corrected chi connectivity index (χ4v) is 5.34. The molecule has 3 N–H and O–H groups in total. The van der Waals surface area contributed by atoms with Crippen LogP contribution in [0.1, 0.15) is 46.6 Å². The second kappa shape index (κ2) is 13.0. The van der Waals surface area contributed by atoms with Gasteiger partial charge >= 0.3 is 0 Å². The van der Waals surface area contributed by atoms with Crippen LogP contribution in [0.15, 0.2) is 42.6 Å². The molecule has 1 unspecified atom stereocenters. The molecule has 0 aliphatic carbocycles. The standard InChI is InChI=1S/C29H31ClFN5O6/c1-40-20-10-17(9-18(31)12-20)24(15-37)34-25(38)14-36-27(39)22-11-16(3-4-21(22)28(36)41-2)26-23(30)13-32-29(35-26)33-19-5-7-42-8-6-19/h3-4,9-13,19,24,28,37H,5-8,14-15H2,1-2H3,(H,34,38)(H,32,33,35)/t24?,28-/m1/s1. The first-order chi connectivity index (χ1) is 20.3. The van der Waals surface area contributed by atoms with E-state index in [1.54, 1.807) is 18.2 Å². The number of benzene rings is 2. The lowest BCUT2D eigenvalue weighted by atomic mass is 10.0. The van der Waals surface area contributed by atoms with E-state index in [1.165, 1.54) is 43.5 Å². The van der Waals surface area contributed by atoms with Crippen molar-refractivity contribution in [3.8, 4) is 17.0 Å². The zero-order valence-corrected chi connectivity index (χ0v) is 23.9. The van der Waals surface area contributed by atoms with E-state index in [2.05, 4.69) is 20.6 Å². The Hall–Kier alpha value is -3.84. The number of nitrogens with zero attached hydrogens (tertiary/aromatic N) is 3. The third-order valence-corrected chi connectivity index (χ3v) is 7.53. The molecule has 0 radical (unpaired) electrons. The third kappa shape index (κ3) is 6.31. The van der Waals surface area contributed by atoms with E-state index in [1.807, 2.05) is 0 Å². The van der Waals surface area contributed by atoms with Crippen molar-refractivity contribution in [1.82, 2.24) is 20.2 Å². The molecule has 3 heterocycles. The highest BCUT2D eigenvalue weighted by Gasteiger charge is 2.38. The quantitative estimate of drug-likeness (QED) is 0.320. The lowest BCUT2D eigenvalue weighted by molar-refractivity contribution is -0.125. The van der Waals surface area contributed by atoms with Crippen molar-refractivity contribution in [1.29, 1.82) is 0 Å². The first kappa shape index (κ1) is 29.6.